The predicted octanol–water partition coefficient (Wildman–Crippen LogP) is 2.19. The van der Waals surface area contributed by atoms with Crippen LogP contribution in [0.25, 0.3) is 0 Å². The smallest absolute Gasteiger partial charge is 0.184 e. The van der Waals surface area contributed by atoms with E-state index in [1.807, 2.05) is 30.3 Å². The second kappa shape index (κ2) is 7.46. The summed E-state index contributed by atoms with van der Waals surface area (Å²) in [5.41, 5.74) is 1.59. The third kappa shape index (κ3) is 3.90. The number of hydrogen-bond donors (Lipinski definition) is 1. The van der Waals surface area contributed by atoms with E-state index in [4.69, 9.17) is 0 Å². The van der Waals surface area contributed by atoms with Gasteiger partial charge in [-0.05, 0) is 23.3 Å². The minimum atomic E-state index is -0.935. The van der Waals surface area contributed by atoms with Crippen LogP contribution in [0.5, 0.6) is 0 Å². The molecule has 4 aromatic rings. The average Bonchev–Trinajstić information content (AvgIpc) is 3.34. The summed E-state index contributed by atoms with van der Waals surface area (Å²) < 4.78 is 16.5. The number of aromatic nitrogens is 6. The highest BCUT2D eigenvalue weighted by Gasteiger charge is 2.19. The molecule has 1 atom stereocenters. The van der Waals surface area contributed by atoms with E-state index < -0.39 is 6.10 Å². The Hall–Kier alpha value is -3.39. The molecule has 0 amide bonds. The molecule has 27 heavy (non-hydrogen) atoms. The second-order valence-electron chi connectivity index (χ2n) is 6.08. The van der Waals surface area contributed by atoms with Crippen LogP contribution in [0.2, 0.25) is 0 Å². The Labute approximate surface area is 154 Å². The summed E-state index contributed by atoms with van der Waals surface area (Å²) in [6.45, 7) is 0.758. The average molecular weight is 364 g/mol. The van der Waals surface area contributed by atoms with Gasteiger partial charge >= 0.3 is 0 Å². The molecule has 0 saturated carbocycles. The van der Waals surface area contributed by atoms with Gasteiger partial charge in [0.05, 0.1) is 12.7 Å². The molecule has 0 aliphatic carbocycles. The number of hydrogen-bond acceptors (Lipinski definition) is 5. The lowest BCUT2D eigenvalue weighted by Crippen LogP contribution is -2.11. The van der Waals surface area contributed by atoms with E-state index in [0.717, 1.165) is 5.56 Å². The SMILES string of the molecule is OC(c1ccccc1)c1nc(Cn2ccnn2)n(Cc2ccc(F)cc2)n1. The number of nitrogens with zero attached hydrogens (tertiary/aromatic N) is 6. The zero-order chi connectivity index (χ0) is 18.6. The fraction of sp³-hybridized carbons (Fsp3) is 0.158. The van der Waals surface area contributed by atoms with Gasteiger partial charge in [0, 0.05) is 6.20 Å². The quantitative estimate of drug-likeness (QED) is 0.567. The number of halogens is 1. The van der Waals surface area contributed by atoms with E-state index in [9.17, 15) is 9.50 Å². The van der Waals surface area contributed by atoms with E-state index >= 15 is 0 Å². The van der Waals surface area contributed by atoms with Gasteiger partial charge in [0.2, 0.25) is 0 Å². The number of aliphatic hydroxyl groups excluding tert-OH is 1. The van der Waals surface area contributed by atoms with E-state index in [2.05, 4.69) is 20.4 Å². The third-order valence-electron chi connectivity index (χ3n) is 4.15. The Kier molecular flexibility index (Phi) is 4.71. The van der Waals surface area contributed by atoms with E-state index in [0.29, 0.717) is 30.3 Å². The minimum Gasteiger partial charge on any atom is -0.380 e. The van der Waals surface area contributed by atoms with Crippen LogP contribution < -0.4 is 0 Å². The Morgan fingerprint density at radius 2 is 1.78 bits per heavy atom. The number of aliphatic hydroxyl groups is 1. The van der Waals surface area contributed by atoms with Crippen molar-refractivity contribution in [2.75, 3.05) is 0 Å². The Morgan fingerprint density at radius 1 is 1.00 bits per heavy atom. The van der Waals surface area contributed by atoms with Crippen LogP contribution in [0.1, 0.15) is 28.9 Å². The fourth-order valence-corrected chi connectivity index (χ4v) is 2.76. The summed E-state index contributed by atoms with van der Waals surface area (Å²) >= 11 is 0. The maximum atomic E-state index is 13.2. The molecule has 8 heteroatoms. The molecule has 0 saturated heterocycles. The van der Waals surface area contributed by atoms with Gasteiger partial charge in [-0.3, -0.25) is 0 Å². The summed E-state index contributed by atoms with van der Waals surface area (Å²) in [6, 6.07) is 15.4. The zero-order valence-electron chi connectivity index (χ0n) is 14.4. The van der Waals surface area contributed by atoms with Gasteiger partial charge in [-0.1, -0.05) is 47.7 Å². The highest BCUT2D eigenvalue weighted by atomic mass is 19.1. The maximum absolute atomic E-state index is 13.2. The summed E-state index contributed by atoms with van der Waals surface area (Å²) in [5, 5.41) is 22.9. The van der Waals surface area contributed by atoms with Crippen LogP contribution in [0.3, 0.4) is 0 Å². The monoisotopic (exact) mass is 364 g/mol. The van der Waals surface area contributed by atoms with Crippen molar-refractivity contribution in [3.05, 3.63) is 95.6 Å². The lowest BCUT2D eigenvalue weighted by atomic mass is 10.1. The molecule has 0 aliphatic rings. The van der Waals surface area contributed by atoms with Crippen LogP contribution in [-0.4, -0.2) is 34.9 Å². The molecule has 7 nitrogen and oxygen atoms in total. The highest BCUT2D eigenvalue weighted by molar-refractivity contribution is 5.23. The summed E-state index contributed by atoms with van der Waals surface area (Å²) in [6.07, 6.45) is 2.38. The molecule has 2 aromatic carbocycles. The molecule has 2 aromatic heterocycles. The van der Waals surface area contributed by atoms with Crippen molar-refractivity contribution in [2.24, 2.45) is 0 Å². The molecule has 0 bridgehead atoms. The van der Waals surface area contributed by atoms with Crippen molar-refractivity contribution in [1.82, 2.24) is 29.8 Å². The van der Waals surface area contributed by atoms with Crippen molar-refractivity contribution in [3.63, 3.8) is 0 Å². The van der Waals surface area contributed by atoms with Crippen LogP contribution in [0, 0.1) is 5.82 Å². The minimum absolute atomic E-state index is 0.291. The zero-order valence-corrected chi connectivity index (χ0v) is 14.4. The number of benzene rings is 2. The van der Waals surface area contributed by atoms with Crippen molar-refractivity contribution >= 4 is 0 Å². The fourth-order valence-electron chi connectivity index (χ4n) is 2.76. The van der Waals surface area contributed by atoms with Gasteiger partial charge in [-0.15, -0.1) is 5.10 Å². The van der Waals surface area contributed by atoms with E-state index in [1.54, 1.807) is 33.9 Å². The molecule has 136 valence electrons. The first-order chi connectivity index (χ1) is 13.2. The second-order valence-corrected chi connectivity index (χ2v) is 6.08. The van der Waals surface area contributed by atoms with Crippen molar-refractivity contribution in [2.45, 2.75) is 19.2 Å². The van der Waals surface area contributed by atoms with Crippen molar-refractivity contribution in [1.29, 1.82) is 0 Å². The van der Waals surface area contributed by atoms with Crippen LogP contribution in [-0.2, 0) is 13.1 Å². The first-order valence-corrected chi connectivity index (χ1v) is 8.44. The van der Waals surface area contributed by atoms with E-state index in [1.165, 1.54) is 12.1 Å². The Morgan fingerprint density at radius 3 is 2.48 bits per heavy atom. The molecule has 0 radical (unpaired) electrons. The van der Waals surface area contributed by atoms with Gasteiger partial charge in [-0.25, -0.2) is 18.7 Å². The maximum Gasteiger partial charge on any atom is 0.184 e. The van der Waals surface area contributed by atoms with Crippen molar-refractivity contribution < 1.29 is 9.50 Å². The third-order valence-corrected chi connectivity index (χ3v) is 4.15. The molecule has 0 spiro atoms. The number of rotatable bonds is 6. The Balaban J connectivity index is 1.66. The van der Waals surface area contributed by atoms with Crippen LogP contribution >= 0.6 is 0 Å². The molecule has 4 rings (SSSR count). The molecular formula is C19H17FN6O. The molecule has 1 N–H and O–H groups in total. The summed E-state index contributed by atoms with van der Waals surface area (Å²) in [5.74, 6) is 0.633. The van der Waals surface area contributed by atoms with Gasteiger partial charge in [-0.2, -0.15) is 5.10 Å². The van der Waals surface area contributed by atoms with Crippen LogP contribution in [0.4, 0.5) is 4.39 Å². The molecule has 0 aliphatic heterocycles. The normalized spacial score (nSPS) is 12.2. The molecular weight excluding hydrogens is 347 g/mol. The summed E-state index contributed by atoms with van der Waals surface area (Å²) in [7, 11) is 0. The largest absolute Gasteiger partial charge is 0.380 e. The lowest BCUT2D eigenvalue weighted by Gasteiger charge is -2.07. The van der Waals surface area contributed by atoms with Gasteiger partial charge in [0.1, 0.15) is 24.3 Å². The van der Waals surface area contributed by atoms with Gasteiger partial charge < -0.3 is 5.11 Å². The first-order valence-electron chi connectivity index (χ1n) is 8.44. The van der Waals surface area contributed by atoms with E-state index in [-0.39, 0.29) is 5.82 Å². The van der Waals surface area contributed by atoms with Crippen molar-refractivity contribution in [3.8, 4) is 0 Å². The first kappa shape index (κ1) is 17.0. The standard InChI is InChI=1S/C19H17FN6O/c20-16-8-6-14(7-9-16)12-26-17(13-25-11-10-21-24-25)22-19(23-26)18(27)15-4-2-1-3-5-15/h1-11,18,27H,12-13H2. The molecule has 2 heterocycles. The summed E-state index contributed by atoms with van der Waals surface area (Å²) in [4.78, 5) is 4.51. The molecule has 0 fully saturated rings. The van der Waals surface area contributed by atoms with Gasteiger partial charge in [0.15, 0.2) is 5.82 Å². The van der Waals surface area contributed by atoms with Gasteiger partial charge in [0.25, 0.3) is 0 Å². The molecule has 1 unspecified atom stereocenters. The van der Waals surface area contributed by atoms with Crippen LogP contribution in [0.15, 0.2) is 67.0 Å². The lowest BCUT2D eigenvalue weighted by molar-refractivity contribution is 0.209. The topological polar surface area (TPSA) is 81.7 Å². The Bertz CT molecular complexity index is 999. The highest BCUT2D eigenvalue weighted by Crippen LogP contribution is 2.20. The predicted molar refractivity (Wildman–Crippen MR) is 95.2 cm³/mol.